The summed E-state index contributed by atoms with van der Waals surface area (Å²) in [7, 11) is 2.13. The van der Waals surface area contributed by atoms with Crippen LogP contribution in [0.5, 0.6) is 11.5 Å². The topological polar surface area (TPSA) is 41.5 Å². The minimum Gasteiger partial charge on any atom is -0.456 e. The van der Waals surface area contributed by atoms with Crippen molar-refractivity contribution >= 4 is 17.1 Å². The van der Waals surface area contributed by atoms with Crippen molar-refractivity contribution in [3.8, 4) is 45.1 Å². The Morgan fingerprint density at radius 2 is 1.29 bits per heavy atom. The first-order valence-electron chi connectivity index (χ1n) is 15.3. The van der Waals surface area contributed by atoms with Gasteiger partial charge in [-0.1, -0.05) is 99.6 Å². The first-order chi connectivity index (χ1) is 21.8. The van der Waals surface area contributed by atoms with E-state index in [1.807, 2.05) is 60.9 Å². The number of pyridine rings is 2. The van der Waals surface area contributed by atoms with Crippen LogP contribution in [0.15, 0.2) is 134 Å². The first kappa shape index (κ1) is 28.4. The second-order valence-electron chi connectivity index (χ2n) is 12.6. The number of aromatic nitrogens is 2. The highest BCUT2D eigenvalue weighted by atomic mass is 16.5. The van der Waals surface area contributed by atoms with Crippen molar-refractivity contribution in [2.24, 2.45) is 0 Å². The highest BCUT2D eigenvalue weighted by Gasteiger charge is 2.26. The minimum absolute atomic E-state index is 0.0741. The third-order valence-electron chi connectivity index (χ3n) is 8.32. The lowest BCUT2D eigenvalue weighted by Gasteiger charge is -2.26. The number of ether oxygens (including phenoxy) is 1. The fraction of sp³-hybridized carbons (Fsp3) is 0.150. The van der Waals surface area contributed by atoms with Crippen molar-refractivity contribution in [2.45, 2.75) is 26.2 Å². The Bertz CT molecular complexity index is 1950. The summed E-state index contributed by atoms with van der Waals surface area (Å²) in [6.45, 7) is 7.49. The molecule has 0 fully saturated rings. The van der Waals surface area contributed by atoms with Crippen molar-refractivity contribution in [1.29, 1.82) is 0 Å². The van der Waals surface area contributed by atoms with E-state index in [0.29, 0.717) is 0 Å². The molecule has 0 atom stereocenters. The van der Waals surface area contributed by atoms with Crippen LogP contribution in [-0.2, 0) is 5.41 Å². The van der Waals surface area contributed by atoms with Gasteiger partial charge >= 0.3 is 0 Å². The summed E-state index contributed by atoms with van der Waals surface area (Å²) in [5.74, 6) is 1.52. The van der Waals surface area contributed by atoms with Crippen LogP contribution in [-0.4, -0.2) is 23.7 Å². The average Bonchev–Trinajstić information content (AvgIpc) is 3.41. The Kier molecular flexibility index (Phi) is 7.30. The van der Waals surface area contributed by atoms with E-state index in [0.717, 1.165) is 57.5 Å². The molecule has 0 saturated heterocycles. The molecule has 1 aliphatic rings. The Balaban J connectivity index is 1.30. The number of anilines is 3. The fourth-order valence-corrected chi connectivity index (χ4v) is 5.80. The summed E-state index contributed by atoms with van der Waals surface area (Å²) in [6, 6.07) is 41.8. The summed E-state index contributed by atoms with van der Waals surface area (Å²) >= 11 is 0. The number of hydrogen-bond donors (Lipinski definition) is 0. The van der Waals surface area contributed by atoms with Gasteiger partial charge in [-0.05, 0) is 52.4 Å². The molecule has 0 N–H and O–H groups in total. The van der Waals surface area contributed by atoms with Gasteiger partial charge in [0.05, 0.1) is 29.4 Å². The van der Waals surface area contributed by atoms with Crippen LogP contribution in [0.2, 0.25) is 0 Å². The maximum Gasteiger partial charge on any atom is 0.139 e. The van der Waals surface area contributed by atoms with Crippen LogP contribution in [0, 0.1) is 0 Å². The van der Waals surface area contributed by atoms with Crippen LogP contribution in [0.1, 0.15) is 26.3 Å². The highest BCUT2D eigenvalue weighted by Crippen LogP contribution is 2.43. The van der Waals surface area contributed by atoms with Crippen molar-refractivity contribution in [2.75, 3.05) is 23.5 Å². The van der Waals surface area contributed by atoms with E-state index >= 15 is 0 Å². The smallest absolute Gasteiger partial charge is 0.139 e. The van der Waals surface area contributed by atoms with Gasteiger partial charge in [-0.2, -0.15) is 0 Å². The second-order valence-corrected chi connectivity index (χ2v) is 12.6. The van der Waals surface area contributed by atoms with Crippen molar-refractivity contribution in [1.82, 2.24) is 9.97 Å². The quantitative estimate of drug-likeness (QED) is 0.194. The molecular formula is C40H36N4O. The van der Waals surface area contributed by atoms with Gasteiger partial charge in [-0.15, -0.1) is 0 Å². The molecule has 222 valence electrons. The number of para-hydroxylation sites is 2. The lowest BCUT2D eigenvalue weighted by Crippen LogP contribution is -2.24. The summed E-state index contributed by atoms with van der Waals surface area (Å²) < 4.78 is 6.86. The zero-order chi connectivity index (χ0) is 31.0. The molecule has 0 radical (unpaired) electrons. The van der Waals surface area contributed by atoms with Crippen molar-refractivity contribution < 1.29 is 4.74 Å². The van der Waals surface area contributed by atoms with Crippen LogP contribution in [0.25, 0.3) is 33.6 Å². The van der Waals surface area contributed by atoms with Crippen molar-refractivity contribution in [3.63, 3.8) is 0 Å². The third kappa shape index (κ3) is 5.77. The van der Waals surface area contributed by atoms with Gasteiger partial charge in [0.1, 0.15) is 11.5 Å². The number of rotatable bonds is 6. The zero-order valence-electron chi connectivity index (χ0n) is 26.1. The van der Waals surface area contributed by atoms with Gasteiger partial charge < -0.3 is 14.5 Å². The largest absolute Gasteiger partial charge is 0.456 e. The van der Waals surface area contributed by atoms with Crippen LogP contribution >= 0.6 is 0 Å². The van der Waals surface area contributed by atoms with E-state index in [4.69, 9.17) is 14.7 Å². The molecule has 0 bridgehead atoms. The lowest BCUT2D eigenvalue weighted by molar-refractivity contribution is 0.480. The third-order valence-corrected chi connectivity index (χ3v) is 8.32. The van der Waals surface area contributed by atoms with E-state index in [9.17, 15) is 0 Å². The molecule has 0 aliphatic carbocycles. The molecule has 4 aromatic carbocycles. The Hall–Kier alpha value is -5.42. The van der Waals surface area contributed by atoms with E-state index in [-0.39, 0.29) is 5.41 Å². The van der Waals surface area contributed by atoms with E-state index in [1.54, 1.807) is 0 Å². The van der Waals surface area contributed by atoms with Gasteiger partial charge in [0, 0.05) is 48.4 Å². The number of benzene rings is 4. The molecular weight excluding hydrogens is 552 g/mol. The summed E-state index contributed by atoms with van der Waals surface area (Å²) in [5.41, 5.74) is 10.4. The molecule has 6 aromatic rings. The van der Waals surface area contributed by atoms with Gasteiger partial charge in [0.2, 0.25) is 0 Å². The highest BCUT2D eigenvalue weighted by molar-refractivity contribution is 5.83. The number of nitrogens with zero attached hydrogens (tertiary/aromatic N) is 4. The van der Waals surface area contributed by atoms with Gasteiger partial charge in [-0.25, -0.2) is 0 Å². The standard InChI is InChI=1S/C40H36N4O/c1-40(2,3)31-21-32(44-27-43(4)37-17-11-12-18-38(37)44)23-33(22-31)45-39-24-36(42-26-34(39)29-15-9-6-10-16-29)35-20-19-30(25-41-35)28-13-7-5-8-14-28/h5-26H,27H2,1-4H3. The SMILES string of the molecule is CN1CN(c2cc(Oc3cc(-c4ccc(-c5ccccc5)cn4)ncc3-c3ccccc3)cc(C(C)(C)C)c2)c2ccccc21. The monoisotopic (exact) mass is 588 g/mol. The average molecular weight is 589 g/mol. The lowest BCUT2D eigenvalue weighted by atomic mass is 9.86. The summed E-state index contributed by atoms with van der Waals surface area (Å²) in [5, 5.41) is 0. The Morgan fingerprint density at radius 1 is 0.622 bits per heavy atom. The molecule has 1 aliphatic heterocycles. The predicted molar refractivity (Wildman–Crippen MR) is 185 cm³/mol. The molecule has 2 aromatic heterocycles. The summed E-state index contributed by atoms with van der Waals surface area (Å²) in [6.07, 6.45) is 3.80. The fourth-order valence-electron chi connectivity index (χ4n) is 5.80. The van der Waals surface area contributed by atoms with E-state index < -0.39 is 0 Å². The normalized spacial score (nSPS) is 12.7. The van der Waals surface area contributed by atoms with Gasteiger partial charge in [0.15, 0.2) is 0 Å². The van der Waals surface area contributed by atoms with Crippen LogP contribution in [0.3, 0.4) is 0 Å². The first-order valence-corrected chi connectivity index (χ1v) is 15.3. The Labute approximate surface area is 265 Å². The molecule has 5 heteroatoms. The zero-order valence-corrected chi connectivity index (χ0v) is 26.1. The predicted octanol–water partition coefficient (Wildman–Crippen LogP) is 10.1. The van der Waals surface area contributed by atoms with Gasteiger partial charge in [-0.3, -0.25) is 9.97 Å². The van der Waals surface area contributed by atoms with E-state index in [2.05, 4.69) is 110 Å². The number of hydrogen-bond acceptors (Lipinski definition) is 5. The maximum absolute atomic E-state index is 6.86. The van der Waals surface area contributed by atoms with E-state index in [1.165, 1.54) is 16.9 Å². The molecule has 0 saturated carbocycles. The number of fused-ring (bicyclic) bond motifs is 1. The van der Waals surface area contributed by atoms with Crippen LogP contribution < -0.4 is 14.5 Å². The maximum atomic E-state index is 6.86. The Morgan fingerprint density at radius 3 is 1.98 bits per heavy atom. The molecule has 45 heavy (non-hydrogen) atoms. The van der Waals surface area contributed by atoms with Gasteiger partial charge in [0.25, 0.3) is 0 Å². The molecule has 7 rings (SSSR count). The molecule has 0 amide bonds. The molecule has 3 heterocycles. The minimum atomic E-state index is -0.0741. The summed E-state index contributed by atoms with van der Waals surface area (Å²) in [4.78, 5) is 14.3. The molecule has 5 nitrogen and oxygen atoms in total. The second kappa shape index (κ2) is 11.6. The molecule has 0 spiro atoms. The van der Waals surface area contributed by atoms with Crippen molar-refractivity contribution in [3.05, 3.63) is 139 Å². The molecule has 0 unspecified atom stereocenters. The van der Waals surface area contributed by atoms with Crippen LogP contribution in [0.4, 0.5) is 17.1 Å².